The zero-order chi connectivity index (χ0) is 24.1. The molecule has 0 bridgehead atoms. The number of amides is 1. The van der Waals surface area contributed by atoms with Crippen LogP contribution in [0.2, 0.25) is 0 Å². The van der Waals surface area contributed by atoms with Gasteiger partial charge < -0.3 is 19.6 Å². The number of nitrogens with zero attached hydrogens (tertiary/aromatic N) is 3. The van der Waals surface area contributed by atoms with E-state index >= 15 is 0 Å². The minimum Gasteiger partial charge on any atom is -0.507 e. The molecule has 1 amide bonds. The number of aryl methyl sites for hydroxylation is 1. The maximum atomic E-state index is 13.1. The van der Waals surface area contributed by atoms with E-state index in [9.17, 15) is 14.7 Å². The summed E-state index contributed by atoms with van der Waals surface area (Å²) in [6.07, 6.45) is 3.96. The Morgan fingerprint density at radius 1 is 1.18 bits per heavy atom. The van der Waals surface area contributed by atoms with Gasteiger partial charge in [0.2, 0.25) is 0 Å². The highest BCUT2D eigenvalue weighted by Crippen LogP contribution is 2.40. The average molecular weight is 452 g/mol. The summed E-state index contributed by atoms with van der Waals surface area (Å²) < 4.78 is 5.78. The summed E-state index contributed by atoms with van der Waals surface area (Å²) in [6, 6.07) is 8.25. The molecule has 1 fully saturated rings. The molecule has 1 aliphatic heterocycles. The second kappa shape index (κ2) is 10.6. The largest absolute Gasteiger partial charge is 0.507 e. The molecule has 0 saturated carbocycles. The van der Waals surface area contributed by atoms with Gasteiger partial charge in [0.25, 0.3) is 11.7 Å². The predicted octanol–water partition coefficient (Wildman–Crippen LogP) is 3.80. The number of pyridine rings is 1. The van der Waals surface area contributed by atoms with E-state index < -0.39 is 17.7 Å². The molecule has 0 unspecified atom stereocenters. The third-order valence-electron chi connectivity index (χ3n) is 5.60. The first-order valence-electron chi connectivity index (χ1n) is 11.3. The van der Waals surface area contributed by atoms with Crippen LogP contribution in [0.1, 0.15) is 43.0 Å². The number of carbonyl (C=O) groups excluding carboxylic acids is 2. The van der Waals surface area contributed by atoms with Crippen LogP contribution in [-0.4, -0.2) is 65.4 Å². The second-order valence-corrected chi connectivity index (χ2v) is 9.11. The van der Waals surface area contributed by atoms with Gasteiger partial charge in [-0.25, -0.2) is 0 Å². The molecule has 2 heterocycles. The van der Waals surface area contributed by atoms with E-state index in [0.29, 0.717) is 36.8 Å². The molecule has 0 spiro atoms. The van der Waals surface area contributed by atoms with Crippen molar-refractivity contribution in [1.82, 2.24) is 14.8 Å². The van der Waals surface area contributed by atoms with Gasteiger partial charge in [0, 0.05) is 24.5 Å². The smallest absolute Gasteiger partial charge is 0.295 e. The molecule has 7 heteroatoms. The number of hydrogen-bond acceptors (Lipinski definition) is 6. The summed E-state index contributed by atoms with van der Waals surface area (Å²) in [7, 11) is 3.93. The molecular formula is C26H33N3O4. The first-order valence-corrected chi connectivity index (χ1v) is 11.3. The van der Waals surface area contributed by atoms with Gasteiger partial charge in [-0.2, -0.15) is 0 Å². The van der Waals surface area contributed by atoms with E-state index in [1.807, 2.05) is 32.0 Å². The van der Waals surface area contributed by atoms with Crippen molar-refractivity contribution in [3.05, 3.63) is 65.0 Å². The fourth-order valence-electron chi connectivity index (χ4n) is 3.96. The summed E-state index contributed by atoms with van der Waals surface area (Å²) in [5, 5.41) is 11.3. The number of carbonyl (C=O) groups is 2. The van der Waals surface area contributed by atoms with Gasteiger partial charge in [-0.05, 0) is 81.4 Å². The van der Waals surface area contributed by atoms with Crippen LogP contribution < -0.4 is 4.74 Å². The third-order valence-corrected chi connectivity index (χ3v) is 5.60. The first kappa shape index (κ1) is 24.5. The Morgan fingerprint density at radius 2 is 1.88 bits per heavy atom. The molecule has 33 heavy (non-hydrogen) atoms. The van der Waals surface area contributed by atoms with Crippen LogP contribution in [0, 0.1) is 12.8 Å². The molecule has 1 atom stereocenters. The lowest BCUT2D eigenvalue weighted by Crippen LogP contribution is -2.32. The molecule has 0 aliphatic carbocycles. The summed E-state index contributed by atoms with van der Waals surface area (Å²) in [6.45, 7) is 7.78. The molecule has 176 valence electrons. The average Bonchev–Trinajstić information content (AvgIpc) is 3.02. The number of ether oxygens (including phenoxy) is 1. The van der Waals surface area contributed by atoms with E-state index in [2.05, 4.69) is 18.8 Å². The highest BCUT2D eigenvalue weighted by atomic mass is 16.5. The molecule has 1 aliphatic rings. The van der Waals surface area contributed by atoms with E-state index in [4.69, 9.17) is 4.74 Å². The number of benzene rings is 1. The number of aromatic nitrogens is 1. The van der Waals surface area contributed by atoms with Gasteiger partial charge in [0.15, 0.2) is 0 Å². The standard InChI is InChI=1S/C26H33N3O4/c1-17(2)16-33-20-7-8-21(18(3)15-20)24(30)22-23(19-9-11-27-12-10-19)29(26(32)25(22)31)14-6-13-28(4)5/h7-12,15,17,23,30H,6,13-14,16H2,1-5H3/t23-/m1/s1. The van der Waals surface area contributed by atoms with Crippen molar-refractivity contribution in [2.45, 2.75) is 33.2 Å². The monoisotopic (exact) mass is 451 g/mol. The van der Waals surface area contributed by atoms with Gasteiger partial charge in [0.1, 0.15) is 11.5 Å². The lowest BCUT2D eigenvalue weighted by atomic mass is 9.94. The summed E-state index contributed by atoms with van der Waals surface area (Å²) in [5.41, 5.74) is 2.12. The van der Waals surface area contributed by atoms with Crippen molar-refractivity contribution in [2.75, 3.05) is 33.8 Å². The Kier molecular flexibility index (Phi) is 7.87. The zero-order valence-electron chi connectivity index (χ0n) is 20.0. The van der Waals surface area contributed by atoms with Gasteiger partial charge in [-0.3, -0.25) is 14.6 Å². The topological polar surface area (TPSA) is 83.0 Å². The van der Waals surface area contributed by atoms with Crippen molar-refractivity contribution in [1.29, 1.82) is 0 Å². The molecule has 1 aromatic carbocycles. The van der Waals surface area contributed by atoms with Crippen LogP contribution in [0.4, 0.5) is 0 Å². The minimum absolute atomic E-state index is 0.106. The number of rotatable bonds is 9. The van der Waals surface area contributed by atoms with Crippen LogP contribution in [0.15, 0.2) is 48.3 Å². The van der Waals surface area contributed by atoms with Crippen molar-refractivity contribution in [2.24, 2.45) is 5.92 Å². The van der Waals surface area contributed by atoms with E-state index in [1.54, 1.807) is 41.6 Å². The lowest BCUT2D eigenvalue weighted by molar-refractivity contribution is -0.139. The number of aliphatic hydroxyl groups is 1. The first-order chi connectivity index (χ1) is 15.7. The minimum atomic E-state index is -0.668. The van der Waals surface area contributed by atoms with Crippen molar-refractivity contribution in [3.8, 4) is 5.75 Å². The van der Waals surface area contributed by atoms with Gasteiger partial charge in [0.05, 0.1) is 18.2 Å². The van der Waals surface area contributed by atoms with Crippen LogP contribution in [0.5, 0.6) is 5.75 Å². The molecule has 7 nitrogen and oxygen atoms in total. The van der Waals surface area contributed by atoms with Crippen molar-refractivity contribution >= 4 is 17.4 Å². The molecule has 1 N–H and O–H groups in total. The quantitative estimate of drug-likeness (QED) is 0.355. The maximum Gasteiger partial charge on any atom is 0.295 e. The van der Waals surface area contributed by atoms with Crippen LogP contribution in [0.25, 0.3) is 5.76 Å². The second-order valence-electron chi connectivity index (χ2n) is 9.11. The molecule has 0 radical (unpaired) electrons. The van der Waals surface area contributed by atoms with E-state index in [-0.39, 0.29) is 11.3 Å². The molecule has 3 rings (SSSR count). The predicted molar refractivity (Wildman–Crippen MR) is 128 cm³/mol. The lowest BCUT2D eigenvalue weighted by Gasteiger charge is -2.26. The highest BCUT2D eigenvalue weighted by Gasteiger charge is 2.45. The van der Waals surface area contributed by atoms with Crippen LogP contribution in [-0.2, 0) is 9.59 Å². The Balaban J connectivity index is 2.02. The van der Waals surface area contributed by atoms with Crippen LogP contribution in [0.3, 0.4) is 0 Å². The Labute approximate surface area is 195 Å². The molecule has 1 aromatic heterocycles. The zero-order valence-corrected chi connectivity index (χ0v) is 20.0. The number of Topliss-reactive ketones (excluding diaryl/α,β-unsaturated/α-hetero) is 1. The highest BCUT2D eigenvalue weighted by molar-refractivity contribution is 6.46. The van der Waals surface area contributed by atoms with Crippen LogP contribution >= 0.6 is 0 Å². The number of likely N-dealkylation sites (tertiary alicyclic amines) is 1. The van der Waals surface area contributed by atoms with E-state index in [1.165, 1.54) is 0 Å². The fourth-order valence-corrected chi connectivity index (χ4v) is 3.96. The van der Waals surface area contributed by atoms with Crippen molar-refractivity contribution < 1.29 is 19.4 Å². The SMILES string of the molecule is Cc1cc(OCC(C)C)ccc1C(O)=C1C(=O)C(=O)N(CCCN(C)C)[C@@H]1c1ccncc1. The van der Waals surface area contributed by atoms with E-state index in [0.717, 1.165) is 17.7 Å². The number of ketones is 1. The number of hydrogen-bond donors (Lipinski definition) is 1. The Hall–Kier alpha value is -3.19. The Bertz CT molecular complexity index is 1030. The van der Waals surface area contributed by atoms with Crippen molar-refractivity contribution in [3.63, 3.8) is 0 Å². The van der Waals surface area contributed by atoms with Gasteiger partial charge in [-0.15, -0.1) is 0 Å². The van der Waals surface area contributed by atoms with Gasteiger partial charge in [-0.1, -0.05) is 13.8 Å². The molecule has 2 aromatic rings. The maximum absolute atomic E-state index is 13.1. The normalized spacial score (nSPS) is 17.9. The molecular weight excluding hydrogens is 418 g/mol. The van der Waals surface area contributed by atoms with Gasteiger partial charge >= 0.3 is 0 Å². The summed E-state index contributed by atoms with van der Waals surface area (Å²) in [4.78, 5) is 33.7. The third kappa shape index (κ3) is 5.60. The molecule has 1 saturated heterocycles. The fraction of sp³-hybridized carbons (Fsp3) is 0.423. The number of aliphatic hydroxyl groups excluding tert-OH is 1. The Morgan fingerprint density at radius 3 is 2.48 bits per heavy atom. The summed E-state index contributed by atoms with van der Waals surface area (Å²) in [5.74, 6) is -0.335. The summed E-state index contributed by atoms with van der Waals surface area (Å²) >= 11 is 0.